The van der Waals surface area contributed by atoms with Gasteiger partial charge in [0.05, 0.1) is 10.6 Å². The van der Waals surface area contributed by atoms with Crippen molar-refractivity contribution in [1.29, 1.82) is 0 Å². The maximum Gasteiger partial charge on any atom is 0.290 e. The molecule has 1 heterocycles. The molecule has 2 aromatic rings. The first kappa shape index (κ1) is 14.4. The summed E-state index contributed by atoms with van der Waals surface area (Å²) in [6.07, 6.45) is 4.59. The number of nitrogens with zero attached hydrogens (tertiary/aromatic N) is 2. The van der Waals surface area contributed by atoms with Crippen LogP contribution in [0, 0.1) is 15.9 Å². The highest BCUT2D eigenvalue weighted by atomic mass is 35.5. The van der Waals surface area contributed by atoms with Crippen LogP contribution in [0.2, 0.25) is 5.02 Å². The zero-order valence-electron chi connectivity index (χ0n) is 11.1. The SMILES string of the molecule is O=[N+]([O-])c1cc(-n2c(O)c3c(c2O)CCC=C3)c(F)cc1Cl. The Balaban J connectivity index is 2.29. The van der Waals surface area contributed by atoms with Crippen LogP contribution < -0.4 is 0 Å². The maximum absolute atomic E-state index is 14.1. The summed E-state index contributed by atoms with van der Waals surface area (Å²) < 4.78 is 15.0. The predicted octanol–water partition coefficient (Wildman–Crippen LogP) is 3.55. The van der Waals surface area contributed by atoms with E-state index in [0.29, 0.717) is 24.0 Å². The first-order chi connectivity index (χ1) is 10.4. The first-order valence-corrected chi connectivity index (χ1v) is 6.75. The molecule has 0 saturated carbocycles. The van der Waals surface area contributed by atoms with Gasteiger partial charge in [0.15, 0.2) is 0 Å². The van der Waals surface area contributed by atoms with Crippen LogP contribution in [0.15, 0.2) is 18.2 Å². The van der Waals surface area contributed by atoms with Crippen molar-refractivity contribution < 1.29 is 19.5 Å². The molecule has 0 fully saturated rings. The number of aromatic nitrogens is 1. The number of nitro groups is 1. The van der Waals surface area contributed by atoms with Crippen molar-refractivity contribution in [2.24, 2.45) is 0 Å². The zero-order valence-corrected chi connectivity index (χ0v) is 11.8. The Morgan fingerprint density at radius 3 is 2.68 bits per heavy atom. The normalized spacial score (nSPS) is 13.2. The number of fused-ring (bicyclic) bond motifs is 1. The third-order valence-corrected chi connectivity index (χ3v) is 3.86. The summed E-state index contributed by atoms with van der Waals surface area (Å²) in [4.78, 5) is 10.2. The molecule has 8 heteroatoms. The van der Waals surface area contributed by atoms with Crippen LogP contribution >= 0.6 is 11.6 Å². The molecule has 0 amide bonds. The van der Waals surface area contributed by atoms with Gasteiger partial charge in [-0.2, -0.15) is 0 Å². The Hall–Kier alpha value is -2.54. The molecule has 1 aliphatic rings. The number of benzene rings is 1. The highest BCUT2D eigenvalue weighted by molar-refractivity contribution is 6.32. The van der Waals surface area contributed by atoms with Crippen LogP contribution in [0.25, 0.3) is 11.8 Å². The molecule has 3 rings (SSSR count). The van der Waals surface area contributed by atoms with E-state index in [4.69, 9.17) is 11.6 Å². The lowest BCUT2D eigenvalue weighted by molar-refractivity contribution is -0.384. The molecule has 1 aromatic carbocycles. The average molecular weight is 325 g/mol. The lowest BCUT2D eigenvalue weighted by Gasteiger charge is -2.09. The zero-order chi connectivity index (χ0) is 16.0. The van der Waals surface area contributed by atoms with Gasteiger partial charge in [-0.1, -0.05) is 23.8 Å². The molecule has 0 aliphatic heterocycles. The minimum Gasteiger partial charge on any atom is -0.494 e. The summed E-state index contributed by atoms with van der Waals surface area (Å²) in [5.74, 6) is -1.61. The van der Waals surface area contributed by atoms with Gasteiger partial charge in [0.1, 0.15) is 10.8 Å². The van der Waals surface area contributed by atoms with Gasteiger partial charge in [-0.15, -0.1) is 0 Å². The molecule has 6 nitrogen and oxygen atoms in total. The van der Waals surface area contributed by atoms with Gasteiger partial charge in [-0.05, 0) is 12.8 Å². The average Bonchev–Trinajstić information content (AvgIpc) is 2.72. The summed E-state index contributed by atoms with van der Waals surface area (Å²) in [7, 11) is 0. The van der Waals surface area contributed by atoms with Crippen LogP contribution in [-0.2, 0) is 6.42 Å². The topological polar surface area (TPSA) is 88.5 Å². The largest absolute Gasteiger partial charge is 0.494 e. The molecule has 0 bridgehead atoms. The molecule has 0 saturated heterocycles. The van der Waals surface area contributed by atoms with Gasteiger partial charge in [0.25, 0.3) is 5.69 Å². The second-order valence-electron chi connectivity index (χ2n) is 4.83. The number of allylic oxidation sites excluding steroid dienone is 1. The molecular formula is C14H10ClFN2O4. The highest BCUT2D eigenvalue weighted by Gasteiger charge is 2.27. The van der Waals surface area contributed by atoms with Gasteiger partial charge in [-0.3, -0.25) is 10.1 Å². The Morgan fingerprint density at radius 2 is 2.05 bits per heavy atom. The lowest BCUT2D eigenvalue weighted by Crippen LogP contribution is -2.00. The fourth-order valence-electron chi connectivity index (χ4n) is 2.53. The van der Waals surface area contributed by atoms with Crippen molar-refractivity contribution in [1.82, 2.24) is 4.57 Å². The number of hydrogen-bond acceptors (Lipinski definition) is 4. The first-order valence-electron chi connectivity index (χ1n) is 6.37. The van der Waals surface area contributed by atoms with Crippen LogP contribution in [-0.4, -0.2) is 19.7 Å². The summed E-state index contributed by atoms with van der Waals surface area (Å²) in [6, 6.07) is 1.66. The van der Waals surface area contributed by atoms with Crippen molar-refractivity contribution in [3.8, 4) is 17.4 Å². The Kier molecular flexibility index (Phi) is 3.29. The van der Waals surface area contributed by atoms with Crippen LogP contribution in [0.5, 0.6) is 11.8 Å². The van der Waals surface area contributed by atoms with Gasteiger partial charge in [0, 0.05) is 23.3 Å². The third-order valence-electron chi connectivity index (χ3n) is 3.56. The second kappa shape index (κ2) is 5.03. The predicted molar refractivity (Wildman–Crippen MR) is 78.1 cm³/mol. The maximum atomic E-state index is 14.1. The van der Waals surface area contributed by atoms with Crippen LogP contribution in [0.3, 0.4) is 0 Å². The summed E-state index contributed by atoms with van der Waals surface area (Å²) in [6.45, 7) is 0. The molecule has 0 spiro atoms. The van der Waals surface area contributed by atoms with E-state index < -0.39 is 16.4 Å². The van der Waals surface area contributed by atoms with Crippen molar-refractivity contribution in [3.63, 3.8) is 0 Å². The van der Waals surface area contributed by atoms with Gasteiger partial charge in [-0.25, -0.2) is 8.96 Å². The summed E-state index contributed by atoms with van der Waals surface area (Å²) in [5, 5.41) is 31.0. The van der Waals surface area contributed by atoms with E-state index in [2.05, 4.69) is 0 Å². The van der Waals surface area contributed by atoms with E-state index in [1.54, 1.807) is 6.08 Å². The minimum atomic E-state index is -0.891. The fraction of sp³-hybridized carbons (Fsp3) is 0.143. The number of nitro benzene ring substituents is 1. The Morgan fingerprint density at radius 1 is 1.32 bits per heavy atom. The number of rotatable bonds is 2. The number of hydrogen-bond donors (Lipinski definition) is 2. The molecular weight excluding hydrogens is 315 g/mol. The molecule has 0 radical (unpaired) electrons. The molecule has 114 valence electrons. The van der Waals surface area contributed by atoms with Crippen LogP contribution in [0.1, 0.15) is 17.5 Å². The van der Waals surface area contributed by atoms with Gasteiger partial charge < -0.3 is 10.2 Å². The second-order valence-corrected chi connectivity index (χ2v) is 5.24. The molecule has 0 unspecified atom stereocenters. The fourth-order valence-corrected chi connectivity index (χ4v) is 2.75. The minimum absolute atomic E-state index is 0.339. The number of halogens is 2. The van der Waals surface area contributed by atoms with E-state index in [1.165, 1.54) is 0 Å². The van der Waals surface area contributed by atoms with E-state index in [9.17, 15) is 24.7 Å². The quantitative estimate of drug-likeness (QED) is 0.653. The van der Waals surface area contributed by atoms with E-state index >= 15 is 0 Å². The van der Waals surface area contributed by atoms with Crippen molar-refractivity contribution in [2.75, 3.05) is 0 Å². The molecule has 1 aliphatic carbocycles. The van der Waals surface area contributed by atoms with Crippen molar-refractivity contribution in [2.45, 2.75) is 12.8 Å². The van der Waals surface area contributed by atoms with Crippen molar-refractivity contribution >= 4 is 23.4 Å². The summed E-state index contributed by atoms with van der Waals surface area (Å²) >= 11 is 5.64. The Bertz CT molecular complexity index is 829. The highest BCUT2D eigenvalue weighted by Crippen LogP contribution is 2.42. The summed E-state index contributed by atoms with van der Waals surface area (Å²) in [5.41, 5.74) is -0.00858. The standard InChI is InChI=1S/C14H10ClFN2O4/c15-9-5-10(16)12(6-11(9)18(21)22)17-13(19)7-3-1-2-4-8(7)14(17)20/h1,3,5-6,19-20H,2,4H2. The monoisotopic (exact) mass is 324 g/mol. The smallest absolute Gasteiger partial charge is 0.290 e. The van der Waals surface area contributed by atoms with Crippen molar-refractivity contribution in [3.05, 3.63) is 50.3 Å². The number of aromatic hydroxyl groups is 2. The molecule has 22 heavy (non-hydrogen) atoms. The third kappa shape index (κ3) is 2.01. The van der Waals surface area contributed by atoms with Gasteiger partial charge >= 0.3 is 0 Å². The van der Waals surface area contributed by atoms with E-state index in [0.717, 1.165) is 16.7 Å². The molecule has 1 aromatic heterocycles. The van der Waals surface area contributed by atoms with E-state index in [1.807, 2.05) is 6.08 Å². The van der Waals surface area contributed by atoms with Gasteiger partial charge in [0.2, 0.25) is 11.8 Å². The Labute approximate surface area is 128 Å². The van der Waals surface area contributed by atoms with E-state index in [-0.39, 0.29) is 22.5 Å². The van der Waals surface area contributed by atoms with Crippen LogP contribution in [0.4, 0.5) is 10.1 Å². The molecule has 2 N–H and O–H groups in total. The lowest BCUT2D eigenvalue weighted by atomic mass is 10.0. The molecule has 0 atom stereocenters.